The minimum absolute atomic E-state index is 0.0606. The molecule has 6 N–H and O–H groups in total. The quantitative estimate of drug-likeness (QED) is 0.157. The summed E-state index contributed by atoms with van der Waals surface area (Å²) in [6.45, 7) is 0. The lowest BCUT2D eigenvalue weighted by Gasteiger charge is -2.84. The number of rotatable bonds is 8. The molecule has 17 unspecified atom stereocenters. The van der Waals surface area contributed by atoms with Crippen LogP contribution in [0.3, 0.4) is 0 Å². The Morgan fingerprint density at radius 1 is 0.291 bits per heavy atom. The Morgan fingerprint density at radius 3 is 0.919 bits per heavy atom. The number of phenolic OH excluding ortho intramolecular Hbond substituents is 2. The Morgan fingerprint density at radius 2 is 0.570 bits per heavy atom. The zero-order valence-corrected chi connectivity index (χ0v) is 53.0. The van der Waals surface area contributed by atoms with Gasteiger partial charge < -0.3 is 21.7 Å². The Kier molecular flexibility index (Phi) is 9.72. The normalized spacial score (nSPS) is 61.3. The van der Waals surface area contributed by atoms with Gasteiger partial charge in [-0.15, -0.1) is 0 Å². The molecule has 4 heteroatoms. The fraction of sp³-hybridized carbons (Fsp3) is 0.854. The van der Waals surface area contributed by atoms with Gasteiger partial charge in [0.2, 0.25) is 0 Å². The van der Waals surface area contributed by atoms with E-state index in [1.165, 1.54) is 62.5 Å². The van der Waals surface area contributed by atoms with Crippen molar-refractivity contribution in [1.29, 1.82) is 0 Å². The molecular formula is C82H110N2O2. The van der Waals surface area contributed by atoms with E-state index in [4.69, 9.17) is 11.5 Å². The highest BCUT2D eigenvalue weighted by Crippen LogP contribution is 2.91. The molecule has 28 aliphatic rings. The summed E-state index contributed by atoms with van der Waals surface area (Å²) in [5, 5.41) is 24.3. The van der Waals surface area contributed by atoms with Crippen LogP contribution in [0.2, 0.25) is 0 Å². The van der Waals surface area contributed by atoms with Crippen LogP contribution < -0.4 is 11.5 Å². The first-order chi connectivity index (χ1) is 41.7. The monoisotopic (exact) mass is 1150 g/mol. The van der Waals surface area contributed by atoms with Crippen molar-refractivity contribution in [2.24, 2.45) is 192 Å². The van der Waals surface area contributed by atoms with Gasteiger partial charge in [-0.3, -0.25) is 0 Å². The number of hydrogen-bond acceptors (Lipinski definition) is 4. The highest BCUT2D eigenvalue weighted by atomic mass is 16.3. The number of aromatic hydroxyl groups is 2. The van der Waals surface area contributed by atoms with Crippen molar-refractivity contribution < 1.29 is 10.2 Å². The topological polar surface area (TPSA) is 92.5 Å². The van der Waals surface area contributed by atoms with Crippen molar-refractivity contribution in [3.63, 3.8) is 0 Å². The van der Waals surface area contributed by atoms with Crippen LogP contribution in [0, 0.1) is 192 Å². The summed E-state index contributed by atoms with van der Waals surface area (Å²) in [5.74, 6) is 25.6. The van der Waals surface area contributed by atoms with E-state index in [9.17, 15) is 10.2 Å². The van der Waals surface area contributed by atoms with Crippen molar-refractivity contribution in [2.45, 2.75) is 237 Å². The number of anilines is 2. The molecule has 2 aromatic carbocycles. The predicted octanol–water partition coefficient (Wildman–Crippen LogP) is 18.8. The van der Waals surface area contributed by atoms with Gasteiger partial charge in [-0.2, -0.15) is 0 Å². The average Bonchev–Trinajstić information content (AvgIpc) is 0.646. The molecule has 0 aromatic heterocycles. The van der Waals surface area contributed by atoms with E-state index < -0.39 is 0 Å². The van der Waals surface area contributed by atoms with Gasteiger partial charge in [0.15, 0.2) is 0 Å². The number of nitrogen functional groups attached to an aromatic ring is 2. The van der Waals surface area contributed by atoms with Gasteiger partial charge in [-0.1, -0.05) is 12.1 Å². The smallest absolute Gasteiger partial charge is 0.138 e. The van der Waals surface area contributed by atoms with Crippen LogP contribution in [0.4, 0.5) is 11.4 Å². The molecule has 17 atom stereocenters. The molecule has 86 heavy (non-hydrogen) atoms. The highest BCUT2D eigenvalue weighted by molar-refractivity contribution is 5.61. The lowest BCUT2D eigenvalue weighted by atomic mass is 9.20. The molecule has 28 aliphatic carbocycles. The molecule has 0 heterocycles. The van der Waals surface area contributed by atoms with E-state index in [0.717, 1.165) is 148 Å². The predicted molar refractivity (Wildman–Crippen MR) is 340 cm³/mol. The lowest BCUT2D eigenvalue weighted by molar-refractivity contribution is -0.347. The van der Waals surface area contributed by atoms with Crippen LogP contribution in [-0.2, 0) is 5.41 Å². The van der Waals surface area contributed by atoms with Crippen molar-refractivity contribution in [2.75, 3.05) is 11.5 Å². The van der Waals surface area contributed by atoms with E-state index in [-0.39, 0.29) is 27.7 Å². The van der Waals surface area contributed by atoms with Gasteiger partial charge in [-0.05, 0) is 458 Å². The molecule has 30 rings (SSSR count). The van der Waals surface area contributed by atoms with E-state index in [0.29, 0.717) is 44.4 Å². The molecule has 0 amide bonds. The lowest BCUT2D eigenvalue weighted by Crippen LogP contribution is -2.78. The van der Waals surface area contributed by atoms with E-state index in [2.05, 4.69) is 36.4 Å². The number of nitrogens with two attached hydrogens (primary N) is 2. The second-order valence-corrected chi connectivity index (χ2v) is 40.8. The van der Waals surface area contributed by atoms with Gasteiger partial charge in [0.05, 0.1) is 11.4 Å². The minimum Gasteiger partial charge on any atom is -0.506 e. The zero-order chi connectivity index (χ0) is 56.2. The van der Waals surface area contributed by atoms with Gasteiger partial charge in [0, 0.05) is 5.41 Å². The molecule has 28 bridgehead atoms. The standard InChI is InChI=1S/C82H110N2O2/c83-66-3-1-63(26-68(66)85)82(64-2-4-67(84)69(86)27-64)65-24-56-13-57(25-65)42-81(82,41-56)80-39-54-12-55(40-80)23-62(22-54)74(80)79-37-52-11-53(38-79)21-61(20-52)73(79)78-35-50-10-51(36-78)19-60(18-50)72(78)77-33-48-9-49(34-77)17-59(16-48)71(77)76-31-46-8-47(32-76)15-58(14-46)70(76)75-28-43-5-44(29-75)7-45(6-43)30-75/h1-4,26-27,43-62,65,70-74,85-86H,5-25,28-42,83-84H2. The average molecular weight is 1160 g/mol. The van der Waals surface area contributed by atoms with E-state index in [1.807, 2.05) is 0 Å². The van der Waals surface area contributed by atoms with Gasteiger partial charge in [0.25, 0.3) is 0 Å². The SMILES string of the molecule is Nc1ccc(C2(c3ccc(N)c(O)c3)C3CC4CC(C3)CC2(C23CC5CC(CC(C5)C2C25CC6CC(CC(C6)C2C26CC7CC(CC(C7)C2C27CC8CC(CC(C8)C2C28CC9CC(CC(C9)C2C29CC%10CC(CC(C%10)C2)C9)C8)C7)C6)C5)C3)C4)cc1O. The Bertz CT molecular complexity index is 3070. The van der Waals surface area contributed by atoms with Crippen molar-refractivity contribution in [3.05, 3.63) is 47.5 Å². The molecule has 0 saturated heterocycles. The third kappa shape index (κ3) is 5.95. The fourth-order valence-electron chi connectivity index (χ4n) is 40.3. The number of phenols is 2. The van der Waals surface area contributed by atoms with Crippen LogP contribution >= 0.6 is 0 Å². The van der Waals surface area contributed by atoms with Crippen LogP contribution in [0.25, 0.3) is 0 Å². The molecule has 4 nitrogen and oxygen atoms in total. The first kappa shape index (κ1) is 51.2. The highest BCUT2D eigenvalue weighted by Gasteiger charge is 2.84. The number of benzene rings is 2. The maximum atomic E-state index is 12.1. The Balaban J connectivity index is 0.746. The van der Waals surface area contributed by atoms with Crippen molar-refractivity contribution in [1.82, 2.24) is 0 Å². The van der Waals surface area contributed by atoms with E-state index in [1.54, 1.807) is 180 Å². The Hall–Kier alpha value is -2.36. The van der Waals surface area contributed by atoms with Crippen LogP contribution in [-0.4, -0.2) is 10.2 Å². The molecule has 0 aliphatic heterocycles. The largest absolute Gasteiger partial charge is 0.506 e. The first-order valence-corrected chi connectivity index (χ1v) is 38.9. The fourth-order valence-corrected chi connectivity index (χ4v) is 40.3. The third-order valence-electron chi connectivity index (χ3n) is 37.5. The van der Waals surface area contributed by atoms with Gasteiger partial charge in [0.1, 0.15) is 11.5 Å². The molecule has 460 valence electrons. The summed E-state index contributed by atoms with van der Waals surface area (Å²) in [4.78, 5) is 0. The maximum Gasteiger partial charge on any atom is 0.138 e. The van der Waals surface area contributed by atoms with Gasteiger partial charge >= 0.3 is 0 Å². The molecule has 28 saturated carbocycles. The third-order valence-corrected chi connectivity index (χ3v) is 37.5. The molecule has 0 spiro atoms. The molecule has 28 fully saturated rings. The summed E-state index contributed by atoms with van der Waals surface area (Å²) >= 11 is 0. The molecule has 2 aromatic rings. The van der Waals surface area contributed by atoms with Crippen LogP contribution in [0.5, 0.6) is 11.5 Å². The Labute approximate surface area is 517 Å². The number of hydrogen-bond donors (Lipinski definition) is 4. The first-order valence-electron chi connectivity index (χ1n) is 38.9. The summed E-state index contributed by atoms with van der Waals surface area (Å²) in [6, 6.07) is 13.5. The molecule has 0 radical (unpaired) electrons. The summed E-state index contributed by atoms with van der Waals surface area (Å²) in [5.41, 5.74) is 20.2. The van der Waals surface area contributed by atoms with E-state index >= 15 is 0 Å². The zero-order valence-electron chi connectivity index (χ0n) is 53.0. The second kappa shape index (κ2) is 16.3. The summed E-state index contributed by atoms with van der Waals surface area (Å²) in [7, 11) is 0. The minimum atomic E-state index is -0.306. The molecular weight excluding hydrogens is 1040 g/mol. The van der Waals surface area contributed by atoms with Crippen molar-refractivity contribution >= 4 is 11.4 Å². The van der Waals surface area contributed by atoms with Crippen LogP contribution in [0.1, 0.15) is 242 Å². The van der Waals surface area contributed by atoms with Gasteiger partial charge in [-0.25, -0.2) is 0 Å². The summed E-state index contributed by atoms with van der Waals surface area (Å²) < 4.78 is 0. The van der Waals surface area contributed by atoms with Crippen LogP contribution in [0.15, 0.2) is 36.4 Å². The maximum absolute atomic E-state index is 12.1. The summed E-state index contributed by atoms with van der Waals surface area (Å²) in [6.07, 6.45) is 57.1. The second-order valence-electron chi connectivity index (χ2n) is 40.8. The van der Waals surface area contributed by atoms with Crippen molar-refractivity contribution in [3.8, 4) is 11.5 Å².